The lowest BCUT2D eigenvalue weighted by Crippen LogP contribution is -2.08. The third-order valence-electron chi connectivity index (χ3n) is 1.94. The summed E-state index contributed by atoms with van der Waals surface area (Å²) in [6, 6.07) is 5.32. The molecule has 0 saturated carbocycles. The molecule has 0 saturated heterocycles. The minimum atomic E-state index is -0.841. The number of nitrogens with two attached hydrogens (primary N) is 1. The summed E-state index contributed by atoms with van der Waals surface area (Å²) in [7, 11) is -0.841. The molecule has 2 nitrogen and oxygen atoms in total. The minimum Gasteiger partial charge on any atom is -0.398 e. The monoisotopic (exact) mass is 245 g/mol. The number of hydrogen-bond donors (Lipinski definition) is 1. The van der Waals surface area contributed by atoms with E-state index in [2.05, 4.69) is 13.8 Å². The molecule has 0 bridgehead atoms. The molecule has 0 aliphatic heterocycles. The van der Waals surface area contributed by atoms with E-state index in [1.807, 2.05) is 6.07 Å². The van der Waals surface area contributed by atoms with E-state index in [4.69, 9.17) is 17.3 Å². The standard InChI is InChI=1S/C11H16ClNOS/c1-8(2)6-15(14)7-9-3-4-10(12)5-11(9)13/h3-5,8H,6-7,13H2,1-2H3. The van der Waals surface area contributed by atoms with Crippen LogP contribution in [0.2, 0.25) is 5.02 Å². The summed E-state index contributed by atoms with van der Waals surface area (Å²) in [6.07, 6.45) is 0. The van der Waals surface area contributed by atoms with Gasteiger partial charge >= 0.3 is 0 Å². The predicted molar refractivity (Wildman–Crippen MR) is 67.4 cm³/mol. The van der Waals surface area contributed by atoms with Gasteiger partial charge in [0.1, 0.15) is 0 Å². The predicted octanol–water partition coefficient (Wildman–Crippen LogP) is 2.83. The molecule has 0 fully saturated rings. The number of anilines is 1. The van der Waals surface area contributed by atoms with E-state index < -0.39 is 10.8 Å². The molecule has 1 aromatic carbocycles. The molecule has 0 spiro atoms. The van der Waals surface area contributed by atoms with Gasteiger partial charge in [-0.1, -0.05) is 31.5 Å². The number of rotatable bonds is 4. The fraction of sp³-hybridized carbons (Fsp3) is 0.455. The smallest absolute Gasteiger partial charge is 0.0506 e. The van der Waals surface area contributed by atoms with Crippen LogP contribution in [0.4, 0.5) is 5.69 Å². The Kier molecular flexibility index (Phi) is 4.61. The molecule has 15 heavy (non-hydrogen) atoms. The molecule has 0 aromatic heterocycles. The van der Waals surface area contributed by atoms with E-state index in [0.29, 0.717) is 28.1 Å². The van der Waals surface area contributed by atoms with Crippen LogP contribution in [0.3, 0.4) is 0 Å². The van der Waals surface area contributed by atoms with Gasteiger partial charge in [0.2, 0.25) is 0 Å². The van der Waals surface area contributed by atoms with Crippen molar-refractivity contribution in [2.75, 3.05) is 11.5 Å². The molecule has 1 rings (SSSR count). The highest BCUT2D eigenvalue weighted by Gasteiger charge is 2.07. The topological polar surface area (TPSA) is 43.1 Å². The fourth-order valence-corrected chi connectivity index (χ4v) is 2.95. The normalized spacial score (nSPS) is 13.1. The Morgan fingerprint density at radius 3 is 2.67 bits per heavy atom. The molecule has 0 amide bonds. The second kappa shape index (κ2) is 5.52. The van der Waals surface area contributed by atoms with Crippen LogP contribution < -0.4 is 5.73 Å². The van der Waals surface area contributed by atoms with Crippen molar-refractivity contribution >= 4 is 28.1 Å². The Hall–Kier alpha value is -0.540. The van der Waals surface area contributed by atoms with Gasteiger partial charge in [0.05, 0.1) is 5.75 Å². The second-order valence-electron chi connectivity index (χ2n) is 3.99. The molecular formula is C11H16ClNOS. The SMILES string of the molecule is CC(C)CS(=O)Cc1ccc(Cl)cc1N. The van der Waals surface area contributed by atoms with Gasteiger partial charge < -0.3 is 5.73 Å². The molecule has 0 radical (unpaired) electrons. The second-order valence-corrected chi connectivity index (χ2v) is 5.93. The molecule has 4 heteroatoms. The lowest BCUT2D eigenvalue weighted by Gasteiger charge is -2.07. The van der Waals surface area contributed by atoms with Crippen LogP contribution in [0, 0.1) is 5.92 Å². The van der Waals surface area contributed by atoms with Gasteiger partial charge in [-0.2, -0.15) is 0 Å². The van der Waals surface area contributed by atoms with Crippen molar-refractivity contribution in [1.29, 1.82) is 0 Å². The van der Waals surface area contributed by atoms with E-state index >= 15 is 0 Å². The Balaban J connectivity index is 2.68. The van der Waals surface area contributed by atoms with Crippen LogP contribution in [0.1, 0.15) is 19.4 Å². The van der Waals surface area contributed by atoms with Crippen LogP contribution in [0.15, 0.2) is 18.2 Å². The Morgan fingerprint density at radius 2 is 2.13 bits per heavy atom. The summed E-state index contributed by atoms with van der Waals surface area (Å²) in [6.45, 7) is 4.12. The van der Waals surface area contributed by atoms with Crippen LogP contribution in [0.25, 0.3) is 0 Å². The molecular weight excluding hydrogens is 230 g/mol. The first-order chi connectivity index (χ1) is 6.99. The van der Waals surface area contributed by atoms with Gasteiger partial charge in [0.15, 0.2) is 0 Å². The Bertz CT molecular complexity index is 366. The lowest BCUT2D eigenvalue weighted by atomic mass is 10.2. The Morgan fingerprint density at radius 1 is 1.47 bits per heavy atom. The van der Waals surface area contributed by atoms with Crippen molar-refractivity contribution in [2.24, 2.45) is 5.92 Å². The van der Waals surface area contributed by atoms with Gasteiger partial charge in [-0.05, 0) is 23.6 Å². The molecule has 0 heterocycles. The fourth-order valence-electron chi connectivity index (χ4n) is 1.30. The van der Waals surface area contributed by atoms with Gasteiger partial charge in [-0.3, -0.25) is 4.21 Å². The third-order valence-corrected chi connectivity index (χ3v) is 3.85. The maximum atomic E-state index is 11.7. The molecule has 0 aliphatic rings. The van der Waals surface area contributed by atoms with Crippen molar-refractivity contribution in [3.05, 3.63) is 28.8 Å². The van der Waals surface area contributed by atoms with Gasteiger partial charge in [0, 0.05) is 27.3 Å². The Labute approximate surface area is 98.3 Å². The molecule has 2 N–H and O–H groups in total. The van der Waals surface area contributed by atoms with Crippen LogP contribution in [-0.4, -0.2) is 9.96 Å². The first-order valence-electron chi connectivity index (χ1n) is 4.88. The molecule has 1 unspecified atom stereocenters. The van der Waals surface area contributed by atoms with Crippen LogP contribution in [0.5, 0.6) is 0 Å². The minimum absolute atomic E-state index is 0.444. The summed E-state index contributed by atoms with van der Waals surface area (Å²) < 4.78 is 11.7. The number of hydrogen-bond acceptors (Lipinski definition) is 2. The first-order valence-corrected chi connectivity index (χ1v) is 6.74. The van der Waals surface area contributed by atoms with Crippen molar-refractivity contribution < 1.29 is 4.21 Å². The molecule has 1 aromatic rings. The highest BCUT2D eigenvalue weighted by atomic mass is 35.5. The highest BCUT2D eigenvalue weighted by molar-refractivity contribution is 7.84. The summed E-state index contributed by atoms with van der Waals surface area (Å²) in [5.74, 6) is 1.67. The van der Waals surface area contributed by atoms with E-state index in [1.165, 1.54) is 0 Å². The van der Waals surface area contributed by atoms with Crippen LogP contribution >= 0.6 is 11.6 Å². The van der Waals surface area contributed by atoms with Crippen molar-refractivity contribution in [1.82, 2.24) is 0 Å². The number of benzene rings is 1. The van der Waals surface area contributed by atoms with E-state index in [1.54, 1.807) is 12.1 Å². The molecule has 0 aliphatic carbocycles. The first kappa shape index (κ1) is 12.5. The lowest BCUT2D eigenvalue weighted by molar-refractivity contribution is 0.664. The van der Waals surface area contributed by atoms with Gasteiger partial charge in [-0.15, -0.1) is 0 Å². The quantitative estimate of drug-likeness (QED) is 0.829. The number of nitrogen functional groups attached to an aromatic ring is 1. The van der Waals surface area contributed by atoms with Crippen molar-refractivity contribution in [3.63, 3.8) is 0 Å². The van der Waals surface area contributed by atoms with E-state index in [-0.39, 0.29) is 0 Å². The van der Waals surface area contributed by atoms with Crippen molar-refractivity contribution in [3.8, 4) is 0 Å². The van der Waals surface area contributed by atoms with E-state index in [0.717, 1.165) is 5.56 Å². The number of halogens is 1. The molecule has 1 atom stereocenters. The van der Waals surface area contributed by atoms with Gasteiger partial charge in [-0.25, -0.2) is 0 Å². The maximum absolute atomic E-state index is 11.7. The summed E-state index contributed by atoms with van der Waals surface area (Å²) in [4.78, 5) is 0. The zero-order valence-electron chi connectivity index (χ0n) is 9.00. The summed E-state index contributed by atoms with van der Waals surface area (Å²) >= 11 is 5.78. The zero-order valence-corrected chi connectivity index (χ0v) is 10.6. The van der Waals surface area contributed by atoms with E-state index in [9.17, 15) is 4.21 Å². The maximum Gasteiger partial charge on any atom is 0.0506 e. The average molecular weight is 246 g/mol. The largest absolute Gasteiger partial charge is 0.398 e. The average Bonchev–Trinajstić information content (AvgIpc) is 2.08. The van der Waals surface area contributed by atoms with Crippen LogP contribution in [-0.2, 0) is 16.6 Å². The third kappa shape index (κ3) is 4.22. The summed E-state index contributed by atoms with van der Waals surface area (Å²) in [5, 5.41) is 0.617. The zero-order chi connectivity index (χ0) is 11.4. The van der Waals surface area contributed by atoms with Crippen molar-refractivity contribution in [2.45, 2.75) is 19.6 Å². The highest BCUT2D eigenvalue weighted by Crippen LogP contribution is 2.19. The molecule has 84 valence electrons. The summed E-state index contributed by atoms with van der Waals surface area (Å²) in [5.41, 5.74) is 7.32. The van der Waals surface area contributed by atoms with Gasteiger partial charge in [0.25, 0.3) is 0 Å².